The first kappa shape index (κ1) is 35.6. The molecule has 4 aliphatic heterocycles. The summed E-state index contributed by atoms with van der Waals surface area (Å²) in [6, 6.07) is 11.8. The number of likely N-dealkylation sites (tertiary alicyclic amines) is 1. The highest BCUT2D eigenvalue weighted by atomic mass is 35.5. The molecule has 278 valence electrons. The largest absolute Gasteiger partial charge is 0.490 e. The van der Waals surface area contributed by atoms with Crippen molar-refractivity contribution in [2.24, 2.45) is 17.8 Å². The number of carbonyl (C=O) groups is 1. The van der Waals surface area contributed by atoms with Crippen molar-refractivity contribution in [2.75, 3.05) is 57.4 Å². The van der Waals surface area contributed by atoms with Crippen LogP contribution in [0.2, 0.25) is 5.02 Å². The number of morpholine rings is 1. The van der Waals surface area contributed by atoms with Crippen molar-refractivity contribution < 1.29 is 27.8 Å². The Kier molecular flexibility index (Phi) is 9.62. The molecule has 8 atom stereocenters. The molecule has 12 heteroatoms. The SMILES string of the molecule is C[C@@H]1[C@@H](C)CCC[C@@](O)(CN2C[C@@H]3NCCO[C@H]3C2)[C@@H]2CC[C@H]2CN2C[C@@]3(CCCc4cc(Cl)ccc43)COc3ccc(cc32)C(=O)NS1(=O)=O. The van der Waals surface area contributed by atoms with E-state index in [9.17, 15) is 18.3 Å². The van der Waals surface area contributed by atoms with E-state index in [1.165, 1.54) is 11.1 Å². The second-order valence-electron chi connectivity index (χ2n) is 16.5. The smallest absolute Gasteiger partial charge is 0.264 e. The van der Waals surface area contributed by atoms with Gasteiger partial charge in [0.05, 0.1) is 35.9 Å². The van der Waals surface area contributed by atoms with Gasteiger partial charge in [0.2, 0.25) is 10.0 Å². The number of benzene rings is 2. The number of aryl methyl sites for hydroxylation is 1. The molecule has 0 aromatic heterocycles. The number of aliphatic hydroxyl groups is 1. The molecular weight excluding hydrogens is 688 g/mol. The molecule has 2 aromatic rings. The van der Waals surface area contributed by atoms with Crippen LogP contribution < -0.4 is 19.7 Å². The van der Waals surface area contributed by atoms with Crippen LogP contribution in [0.25, 0.3) is 0 Å². The third kappa shape index (κ3) is 6.80. The molecule has 2 aliphatic carbocycles. The first-order chi connectivity index (χ1) is 24.4. The van der Waals surface area contributed by atoms with Crippen LogP contribution in [0.15, 0.2) is 36.4 Å². The minimum absolute atomic E-state index is 0.0888. The summed E-state index contributed by atoms with van der Waals surface area (Å²) >= 11 is 6.48. The standard InChI is InChI=1S/C39H53ClN4O6S/c1-25-5-3-14-39(46,23-43-20-33-36(21-43)49-16-15-41-33)32-10-7-29(32)19-44-22-38(13-4-6-27-17-30(40)9-11-31(27)38)24-50-35-12-8-28(18-34(35)44)37(45)42-51(47,48)26(25)2/h8-9,11-12,17-18,25-26,29,32-33,36,41,46H,3-7,10,13-16,19-24H2,1-2H3,(H,42,45)/t25-,26+,29-,32+,33-,36-,38-,39+/m0/s1. The molecule has 4 heterocycles. The van der Waals surface area contributed by atoms with Crippen LogP contribution in [0.1, 0.15) is 80.3 Å². The van der Waals surface area contributed by atoms with Crippen molar-refractivity contribution in [3.05, 3.63) is 58.1 Å². The van der Waals surface area contributed by atoms with Crippen LogP contribution in [0.5, 0.6) is 5.75 Å². The number of anilines is 1. The summed E-state index contributed by atoms with van der Waals surface area (Å²) in [5.74, 6) is 0.200. The van der Waals surface area contributed by atoms with E-state index in [4.69, 9.17) is 21.1 Å². The number of hydrogen-bond donors (Lipinski definition) is 3. The van der Waals surface area contributed by atoms with Crippen molar-refractivity contribution in [1.82, 2.24) is 14.9 Å². The molecule has 2 aromatic carbocycles. The third-order valence-corrected chi connectivity index (χ3v) is 15.5. The highest BCUT2D eigenvalue weighted by Crippen LogP contribution is 2.49. The molecule has 10 nitrogen and oxygen atoms in total. The van der Waals surface area contributed by atoms with Gasteiger partial charge in [-0.2, -0.15) is 0 Å². The second kappa shape index (κ2) is 13.8. The van der Waals surface area contributed by atoms with Gasteiger partial charge >= 0.3 is 0 Å². The van der Waals surface area contributed by atoms with Gasteiger partial charge < -0.3 is 24.8 Å². The Morgan fingerprint density at radius 2 is 1.90 bits per heavy atom. The van der Waals surface area contributed by atoms with Crippen molar-refractivity contribution >= 4 is 33.2 Å². The molecule has 2 saturated heterocycles. The van der Waals surface area contributed by atoms with Gasteiger partial charge in [0.25, 0.3) is 5.91 Å². The fraction of sp³-hybridized carbons (Fsp3) is 0.667. The highest BCUT2D eigenvalue weighted by molar-refractivity contribution is 7.90. The van der Waals surface area contributed by atoms with Crippen molar-refractivity contribution in [2.45, 2.75) is 93.6 Å². The Balaban J connectivity index is 1.17. The number of rotatable bonds is 2. The molecule has 6 aliphatic rings. The average Bonchev–Trinajstić information content (AvgIpc) is 3.42. The fourth-order valence-electron chi connectivity index (χ4n) is 10.2. The topological polar surface area (TPSA) is 120 Å². The monoisotopic (exact) mass is 740 g/mol. The molecule has 2 bridgehead atoms. The number of nitrogens with zero attached hydrogens (tertiary/aromatic N) is 2. The van der Waals surface area contributed by atoms with Crippen LogP contribution >= 0.6 is 11.6 Å². The van der Waals surface area contributed by atoms with Gasteiger partial charge in [0.1, 0.15) is 5.75 Å². The first-order valence-corrected chi connectivity index (χ1v) is 21.0. The molecule has 3 fully saturated rings. The molecule has 1 spiro atoms. The molecule has 8 rings (SSSR count). The quantitative estimate of drug-likeness (QED) is 0.409. The highest BCUT2D eigenvalue weighted by Gasteiger charge is 2.50. The molecule has 0 unspecified atom stereocenters. The Labute approximate surface area is 307 Å². The summed E-state index contributed by atoms with van der Waals surface area (Å²) in [5.41, 5.74) is 2.39. The van der Waals surface area contributed by atoms with E-state index in [1.54, 1.807) is 13.0 Å². The number of carbonyl (C=O) groups excluding carboxylic acids is 1. The van der Waals surface area contributed by atoms with Gasteiger partial charge in [-0.1, -0.05) is 31.0 Å². The number of ether oxygens (including phenoxy) is 2. The maximum atomic E-state index is 13.6. The fourth-order valence-corrected chi connectivity index (χ4v) is 11.7. The lowest BCUT2D eigenvalue weighted by Gasteiger charge is -2.51. The van der Waals surface area contributed by atoms with Gasteiger partial charge in [0.15, 0.2) is 0 Å². The van der Waals surface area contributed by atoms with Gasteiger partial charge in [0, 0.05) is 61.3 Å². The van der Waals surface area contributed by atoms with E-state index in [0.717, 1.165) is 62.4 Å². The lowest BCUT2D eigenvalue weighted by atomic mass is 9.62. The van der Waals surface area contributed by atoms with Gasteiger partial charge in [-0.15, -0.1) is 0 Å². The maximum absolute atomic E-state index is 13.6. The van der Waals surface area contributed by atoms with Crippen molar-refractivity contribution in [1.29, 1.82) is 0 Å². The minimum atomic E-state index is -3.95. The number of amides is 1. The minimum Gasteiger partial charge on any atom is -0.490 e. The summed E-state index contributed by atoms with van der Waals surface area (Å²) in [6.45, 7) is 9.29. The Morgan fingerprint density at radius 3 is 2.71 bits per heavy atom. The zero-order chi connectivity index (χ0) is 35.5. The Hall–Kier alpha value is -2.41. The van der Waals surface area contributed by atoms with E-state index in [1.807, 2.05) is 25.1 Å². The lowest BCUT2D eigenvalue weighted by Crippen LogP contribution is -2.57. The van der Waals surface area contributed by atoms with E-state index >= 15 is 0 Å². The number of halogens is 1. The zero-order valence-corrected chi connectivity index (χ0v) is 31.5. The van der Waals surface area contributed by atoms with Crippen LogP contribution in [0.3, 0.4) is 0 Å². The Bertz CT molecular complexity index is 1750. The number of β-amino-alcohol motifs (C(OH)–C–C–N with tert-alkyl or cyclic N) is 1. The average molecular weight is 741 g/mol. The maximum Gasteiger partial charge on any atom is 0.264 e. The summed E-state index contributed by atoms with van der Waals surface area (Å²) in [5, 5.41) is 16.4. The van der Waals surface area contributed by atoms with E-state index in [2.05, 4.69) is 32.0 Å². The van der Waals surface area contributed by atoms with Crippen LogP contribution in [0, 0.1) is 17.8 Å². The summed E-state index contributed by atoms with van der Waals surface area (Å²) < 4.78 is 42.2. The second-order valence-corrected chi connectivity index (χ2v) is 19.0. The van der Waals surface area contributed by atoms with E-state index in [-0.39, 0.29) is 40.9 Å². The summed E-state index contributed by atoms with van der Waals surface area (Å²) in [7, 11) is -3.95. The molecule has 3 N–H and O–H groups in total. The number of sulfonamides is 1. The molecular formula is C39H53ClN4O6S. The van der Waals surface area contributed by atoms with Gasteiger partial charge in [-0.25, -0.2) is 13.1 Å². The summed E-state index contributed by atoms with van der Waals surface area (Å²) in [6.07, 6.45) is 6.98. The van der Waals surface area contributed by atoms with Crippen LogP contribution in [-0.2, 0) is 26.6 Å². The van der Waals surface area contributed by atoms with Crippen molar-refractivity contribution in [3.63, 3.8) is 0 Å². The zero-order valence-electron chi connectivity index (χ0n) is 29.9. The molecule has 1 saturated carbocycles. The lowest BCUT2D eigenvalue weighted by molar-refractivity contribution is -0.104. The summed E-state index contributed by atoms with van der Waals surface area (Å²) in [4.78, 5) is 18.4. The number of nitrogens with one attached hydrogen (secondary N) is 2. The molecule has 1 amide bonds. The molecule has 0 radical (unpaired) electrons. The van der Waals surface area contributed by atoms with E-state index < -0.39 is 26.8 Å². The predicted molar refractivity (Wildman–Crippen MR) is 198 cm³/mol. The first-order valence-electron chi connectivity index (χ1n) is 19.1. The molecule has 51 heavy (non-hydrogen) atoms. The van der Waals surface area contributed by atoms with Gasteiger partial charge in [-0.3, -0.25) is 9.69 Å². The predicted octanol–water partition coefficient (Wildman–Crippen LogP) is 4.51. The van der Waals surface area contributed by atoms with E-state index in [0.29, 0.717) is 57.9 Å². The third-order valence-electron chi connectivity index (χ3n) is 13.3. The Morgan fingerprint density at radius 1 is 1.04 bits per heavy atom. The van der Waals surface area contributed by atoms with Crippen molar-refractivity contribution in [3.8, 4) is 5.75 Å². The number of hydrogen-bond acceptors (Lipinski definition) is 9. The number of fused-ring (bicyclic) bond motifs is 5. The van der Waals surface area contributed by atoms with Crippen LogP contribution in [0.4, 0.5) is 5.69 Å². The van der Waals surface area contributed by atoms with Crippen LogP contribution in [-0.4, -0.2) is 99.8 Å². The normalized spacial score (nSPS) is 36.9. The van der Waals surface area contributed by atoms with Gasteiger partial charge in [-0.05, 0) is 111 Å².